The number of para-hydroxylation sites is 2. The molecule has 0 saturated carbocycles. The van der Waals surface area contributed by atoms with Crippen LogP contribution in [0.25, 0.3) is 22.8 Å². The molecule has 66 valence electrons. The number of hydrogen-bond donors (Lipinski definition) is 0. The van der Waals surface area contributed by atoms with Crippen molar-refractivity contribution in [3.05, 3.63) is 41.2 Å². The Labute approximate surface area is 80.5 Å². The Hall–Kier alpha value is -1.83. The highest BCUT2D eigenvalue weighted by molar-refractivity contribution is 5.81. The number of imidazole rings is 1. The standard InChI is InChI=1S/C12H8N2/c1-2-4-11-9(3-1)13-12-7-8-5-6-10(8)14(11)12/h1-4,6-7H,5H2. The minimum atomic E-state index is 1.09. The summed E-state index contributed by atoms with van der Waals surface area (Å²) in [7, 11) is 0. The van der Waals surface area contributed by atoms with Crippen molar-refractivity contribution >= 4 is 22.8 Å². The second kappa shape index (κ2) is 1.98. The van der Waals surface area contributed by atoms with E-state index in [1.54, 1.807) is 0 Å². The average molecular weight is 180 g/mol. The maximum atomic E-state index is 4.58. The number of benzene rings is 1. The van der Waals surface area contributed by atoms with Crippen molar-refractivity contribution in [1.82, 2.24) is 9.38 Å². The number of nitrogens with zero attached hydrogens (tertiary/aromatic N) is 2. The molecule has 0 amide bonds. The molecule has 0 radical (unpaired) electrons. The monoisotopic (exact) mass is 180 g/mol. The molecule has 2 aromatic heterocycles. The molecule has 1 aromatic carbocycles. The molecule has 0 fully saturated rings. The lowest BCUT2D eigenvalue weighted by molar-refractivity contribution is 1.10. The molecule has 2 nitrogen and oxygen atoms in total. The van der Waals surface area contributed by atoms with Gasteiger partial charge in [-0.05, 0) is 30.2 Å². The van der Waals surface area contributed by atoms with Crippen LogP contribution in [0.4, 0.5) is 0 Å². The van der Waals surface area contributed by atoms with E-state index in [1.165, 1.54) is 16.4 Å². The Morgan fingerprint density at radius 3 is 3.00 bits per heavy atom. The molecule has 0 saturated heterocycles. The second-order valence-electron chi connectivity index (χ2n) is 3.76. The van der Waals surface area contributed by atoms with Gasteiger partial charge in [-0.3, -0.25) is 4.40 Å². The van der Waals surface area contributed by atoms with Gasteiger partial charge in [-0.25, -0.2) is 4.98 Å². The highest BCUT2D eigenvalue weighted by Crippen LogP contribution is 2.18. The predicted octanol–water partition coefficient (Wildman–Crippen LogP) is 1.54. The fourth-order valence-electron chi connectivity index (χ4n) is 2.23. The van der Waals surface area contributed by atoms with Crippen LogP contribution in [0.1, 0.15) is 5.56 Å². The number of aromatic nitrogens is 2. The van der Waals surface area contributed by atoms with Crippen molar-refractivity contribution in [3.63, 3.8) is 0 Å². The molecule has 1 aliphatic carbocycles. The summed E-state index contributed by atoms with van der Waals surface area (Å²) in [6, 6.07) is 10.5. The Bertz CT molecular complexity index is 707. The molecular weight excluding hydrogens is 172 g/mol. The van der Waals surface area contributed by atoms with Crippen LogP contribution < -0.4 is 5.35 Å². The molecule has 2 heterocycles. The van der Waals surface area contributed by atoms with Gasteiger partial charge in [0.1, 0.15) is 5.65 Å². The zero-order chi connectivity index (χ0) is 9.12. The van der Waals surface area contributed by atoms with Crippen molar-refractivity contribution in [1.29, 1.82) is 0 Å². The summed E-state index contributed by atoms with van der Waals surface area (Å²) in [5.41, 5.74) is 4.83. The van der Waals surface area contributed by atoms with Crippen LogP contribution in [0.15, 0.2) is 30.3 Å². The smallest absolute Gasteiger partial charge is 0.138 e. The zero-order valence-electron chi connectivity index (χ0n) is 7.57. The van der Waals surface area contributed by atoms with E-state index in [4.69, 9.17) is 0 Å². The fourth-order valence-corrected chi connectivity index (χ4v) is 2.23. The van der Waals surface area contributed by atoms with Gasteiger partial charge in [0, 0.05) is 5.35 Å². The summed E-state index contributed by atoms with van der Waals surface area (Å²) in [5.74, 6) is 0. The van der Waals surface area contributed by atoms with Gasteiger partial charge in [0.25, 0.3) is 0 Å². The van der Waals surface area contributed by atoms with E-state index in [9.17, 15) is 0 Å². The Balaban J connectivity index is 2.42. The lowest BCUT2D eigenvalue weighted by atomic mass is 10.1. The SMILES string of the molecule is C1=c2c(cc3nc4ccccc4n23)C1. The molecule has 14 heavy (non-hydrogen) atoms. The van der Waals surface area contributed by atoms with E-state index in [1.807, 2.05) is 6.07 Å². The van der Waals surface area contributed by atoms with E-state index >= 15 is 0 Å². The summed E-state index contributed by atoms with van der Waals surface area (Å²) < 4.78 is 2.24. The van der Waals surface area contributed by atoms with Crippen molar-refractivity contribution in [2.45, 2.75) is 6.42 Å². The fraction of sp³-hybridized carbons (Fsp3) is 0.0833. The van der Waals surface area contributed by atoms with Gasteiger partial charge < -0.3 is 0 Å². The van der Waals surface area contributed by atoms with Gasteiger partial charge in [-0.15, -0.1) is 0 Å². The first-order chi connectivity index (χ1) is 6.93. The topological polar surface area (TPSA) is 17.3 Å². The maximum Gasteiger partial charge on any atom is 0.138 e. The number of hydrogen-bond acceptors (Lipinski definition) is 1. The molecule has 0 bridgehead atoms. The Kier molecular flexibility index (Phi) is 0.932. The van der Waals surface area contributed by atoms with Crippen LogP contribution in [-0.2, 0) is 6.42 Å². The van der Waals surface area contributed by atoms with Crippen LogP contribution in [0.3, 0.4) is 0 Å². The van der Waals surface area contributed by atoms with Crippen molar-refractivity contribution in [3.8, 4) is 0 Å². The summed E-state index contributed by atoms with van der Waals surface area (Å²) in [6.07, 6.45) is 3.36. The molecule has 0 atom stereocenters. The van der Waals surface area contributed by atoms with Gasteiger partial charge in [0.05, 0.1) is 11.0 Å². The van der Waals surface area contributed by atoms with Gasteiger partial charge in [0.15, 0.2) is 0 Å². The van der Waals surface area contributed by atoms with Gasteiger partial charge in [-0.2, -0.15) is 0 Å². The van der Waals surface area contributed by atoms with Crippen LogP contribution in [0.2, 0.25) is 0 Å². The molecule has 0 unspecified atom stereocenters. The normalized spacial score (nSPS) is 14.0. The number of rotatable bonds is 0. The Morgan fingerprint density at radius 1 is 1.21 bits per heavy atom. The molecule has 3 aromatic rings. The first kappa shape index (κ1) is 6.60. The van der Waals surface area contributed by atoms with E-state index in [2.05, 4.69) is 39.7 Å². The van der Waals surface area contributed by atoms with Gasteiger partial charge >= 0.3 is 0 Å². The van der Waals surface area contributed by atoms with E-state index < -0.39 is 0 Å². The molecule has 0 aliphatic heterocycles. The van der Waals surface area contributed by atoms with Crippen molar-refractivity contribution in [2.75, 3.05) is 0 Å². The second-order valence-corrected chi connectivity index (χ2v) is 3.76. The zero-order valence-corrected chi connectivity index (χ0v) is 7.57. The number of fused-ring (bicyclic) bond motifs is 5. The molecule has 0 N–H and O–H groups in total. The molecule has 0 spiro atoms. The first-order valence-electron chi connectivity index (χ1n) is 4.82. The lowest BCUT2D eigenvalue weighted by Crippen LogP contribution is -2.20. The molecular formula is C12H8N2. The van der Waals surface area contributed by atoms with Crippen LogP contribution in [0, 0.1) is 0 Å². The minimum absolute atomic E-state index is 1.09. The predicted molar refractivity (Wildman–Crippen MR) is 56.1 cm³/mol. The quantitative estimate of drug-likeness (QED) is 0.513. The third-order valence-corrected chi connectivity index (χ3v) is 2.98. The Morgan fingerprint density at radius 2 is 2.14 bits per heavy atom. The third-order valence-electron chi connectivity index (χ3n) is 2.98. The van der Waals surface area contributed by atoms with Gasteiger partial charge in [0.2, 0.25) is 0 Å². The minimum Gasteiger partial charge on any atom is -0.293 e. The van der Waals surface area contributed by atoms with E-state index in [0.29, 0.717) is 0 Å². The van der Waals surface area contributed by atoms with Crippen molar-refractivity contribution < 1.29 is 0 Å². The first-order valence-corrected chi connectivity index (χ1v) is 4.82. The van der Waals surface area contributed by atoms with Crippen LogP contribution in [-0.4, -0.2) is 9.38 Å². The lowest BCUT2D eigenvalue weighted by Gasteiger charge is -2.02. The average Bonchev–Trinajstić information content (AvgIpc) is 2.62. The summed E-state index contributed by atoms with van der Waals surface area (Å²) in [5, 5.41) is 1.34. The summed E-state index contributed by atoms with van der Waals surface area (Å²) in [6.45, 7) is 0. The summed E-state index contributed by atoms with van der Waals surface area (Å²) >= 11 is 0. The largest absolute Gasteiger partial charge is 0.293 e. The third kappa shape index (κ3) is 0.587. The molecule has 1 aliphatic rings. The highest BCUT2D eigenvalue weighted by atomic mass is 15.0. The van der Waals surface area contributed by atoms with Crippen molar-refractivity contribution in [2.24, 2.45) is 0 Å². The highest BCUT2D eigenvalue weighted by Gasteiger charge is 2.13. The van der Waals surface area contributed by atoms with E-state index in [-0.39, 0.29) is 0 Å². The maximum absolute atomic E-state index is 4.58. The van der Waals surface area contributed by atoms with Crippen LogP contribution >= 0.6 is 0 Å². The molecule has 2 heteroatoms. The van der Waals surface area contributed by atoms with Gasteiger partial charge in [-0.1, -0.05) is 18.2 Å². The summed E-state index contributed by atoms with van der Waals surface area (Å²) in [4.78, 5) is 4.58. The van der Waals surface area contributed by atoms with E-state index in [0.717, 1.165) is 17.6 Å². The molecule has 4 rings (SSSR count). The van der Waals surface area contributed by atoms with Crippen LogP contribution in [0.5, 0.6) is 0 Å².